The van der Waals surface area contributed by atoms with Gasteiger partial charge in [-0.05, 0) is 54.8 Å². The van der Waals surface area contributed by atoms with Gasteiger partial charge in [-0.3, -0.25) is 4.79 Å². The normalized spacial score (nSPS) is 19.0. The Kier molecular flexibility index (Phi) is 5.80. The van der Waals surface area contributed by atoms with Crippen molar-refractivity contribution in [2.24, 2.45) is 5.92 Å². The average Bonchev–Trinajstić information content (AvgIpc) is 2.76. The first-order valence-electron chi connectivity index (χ1n) is 10.1. The lowest BCUT2D eigenvalue weighted by atomic mass is 9.86. The van der Waals surface area contributed by atoms with Gasteiger partial charge in [0, 0.05) is 36.3 Å². The molecule has 0 aromatic heterocycles. The van der Waals surface area contributed by atoms with E-state index in [2.05, 4.69) is 41.7 Å². The second-order valence-electron chi connectivity index (χ2n) is 7.65. The quantitative estimate of drug-likeness (QED) is 0.675. The van der Waals surface area contributed by atoms with Crippen LogP contribution in [0.4, 0.5) is 5.69 Å². The van der Waals surface area contributed by atoms with E-state index in [9.17, 15) is 9.90 Å². The van der Waals surface area contributed by atoms with Gasteiger partial charge in [-0.25, -0.2) is 0 Å². The summed E-state index contributed by atoms with van der Waals surface area (Å²) >= 11 is 0. The van der Waals surface area contributed by atoms with Crippen molar-refractivity contribution in [3.63, 3.8) is 0 Å². The van der Waals surface area contributed by atoms with Crippen LogP contribution in [-0.2, 0) is 6.42 Å². The molecule has 1 amide bonds. The maximum atomic E-state index is 13.0. The molecule has 3 aromatic carbocycles. The first-order valence-corrected chi connectivity index (χ1v) is 10.1. The second-order valence-corrected chi connectivity index (χ2v) is 7.65. The number of para-hydroxylation sites is 1. The minimum atomic E-state index is 0.0289. The number of benzene rings is 3. The van der Waals surface area contributed by atoms with E-state index in [0.29, 0.717) is 24.1 Å². The molecule has 1 fully saturated rings. The molecule has 0 saturated carbocycles. The van der Waals surface area contributed by atoms with E-state index in [1.807, 2.05) is 29.2 Å². The van der Waals surface area contributed by atoms with Crippen molar-refractivity contribution >= 4 is 11.6 Å². The Hall–Kier alpha value is -3.27. The second kappa shape index (κ2) is 8.82. The predicted molar refractivity (Wildman–Crippen MR) is 116 cm³/mol. The Balaban J connectivity index is 1.52. The van der Waals surface area contributed by atoms with Gasteiger partial charge >= 0.3 is 0 Å². The standard InChI is InChI=1S/C25H26N2O2/c28-23-13-11-20(12-14-23)25(29)27-16-15-24(26-22-9-5-2-6-10-22)21(18-27)17-19-7-3-1-4-8-19/h1-14,21,24,26,28H,15-18H2/t21-,24+/m0/s1. The van der Waals surface area contributed by atoms with Crippen LogP contribution < -0.4 is 5.32 Å². The van der Waals surface area contributed by atoms with Gasteiger partial charge in [0.2, 0.25) is 0 Å². The fourth-order valence-electron chi connectivity index (χ4n) is 4.07. The monoisotopic (exact) mass is 386 g/mol. The molecule has 1 heterocycles. The highest BCUT2D eigenvalue weighted by molar-refractivity contribution is 5.94. The summed E-state index contributed by atoms with van der Waals surface area (Å²) in [6.07, 6.45) is 1.82. The Morgan fingerprint density at radius 2 is 1.59 bits per heavy atom. The summed E-state index contributed by atoms with van der Waals surface area (Å²) in [4.78, 5) is 14.9. The third kappa shape index (κ3) is 4.77. The van der Waals surface area contributed by atoms with Crippen LogP contribution in [-0.4, -0.2) is 35.0 Å². The van der Waals surface area contributed by atoms with E-state index in [-0.39, 0.29) is 11.7 Å². The SMILES string of the molecule is O=C(c1ccc(O)cc1)N1CC[C@@H](Nc2ccccc2)[C@@H](Cc2ccccc2)C1. The number of phenolic OH excluding ortho intramolecular Hbond substituents is 1. The van der Waals surface area contributed by atoms with Crippen molar-refractivity contribution in [3.05, 3.63) is 96.1 Å². The zero-order valence-electron chi connectivity index (χ0n) is 16.4. The molecular formula is C25H26N2O2. The highest BCUT2D eigenvalue weighted by Crippen LogP contribution is 2.26. The molecule has 1 aliphatic rings. The van der Waals surface area contributed by atoms with Crippen LogP contribution >= 0.6 is 0 Å². The number of anilines is 1. The molecule has 0 bridgehead atoms. The van der Waals surface area contributed by atoms with Gasteiger partial charge in [-0.1, -0.05) is 48.5 Å². The maximum absolute atomic E-state index is 13.0. The molecule has 0 radical (unpaired) electrons. The Morgan fingerprint density at radius 3 is 2.28 bits per heavy atom. The first-order chi connectivity index (χ1) is 14.2. The maximum Gasteiger partial charge on any atom is 0.253 e. The molecule has 4 heteroatoms. The third-order valence-electron chi connectivity index (χ3n) is 5.60. The molecule has 3 aromatic rings. The molecule has 4 nitrogen and oxygen atoms in total. The molecule has 4 rings (SSSR count). The zero-order valence-corrected chi connectivity index (χ0v) is 16.4. The van der Waals surface area contributed by atoms with E-state index in [4.69, 9.17) is 0 Å². The summed E-state index contributed by atoms with van der Waals surface area (Å²) in [5.74, 6) is 0.517. The van der Waals surface area contributed by atoms with Crippen molar-refractivity contribution in [2.45, 2.75) is 18.9 Å². The van der Waals surface area contributed by atoms with Gasteiger partial charge in [-0.2, -0.15) is 0 Å². The minimum Gasteiger partial charge on any atom is -0.508 e. The molecule has 0 unspecified atom stereocenters. The number of carbonyl (C=O) groups is 1. The highest BCUT2D eigenvalue weighted by Gasteiger charge is 2.32. The molecule has 2 atom stereocenters. The van der Waals surface area contributed by atoms with Gasteiger partial charge in [0.1, 0.15) is 5.75 Å². The summed E-state index contributed by atoms with van der Waals surface area (Å²) in [7, 11) is 0. The number of piperidine rings is 1. The Labute approximate surface area is 171 Å². The minimum absolute atomic E-state index is 0.0289. The van der Waals surface area contributed by atoms with Gasteiger partial charge in [0.05, 0.1) is 0 Å². The Bertz CT molecular complexity index is 926. The summed E-state index contributed by atoms with van der Waals surface area (Å²) in [6, 6.07) is 27.6. The van der Waals surface area contributed by atoms with Crippen LogP contribution in [0.25, 0.3) is 0 Å². The zero-order chi connectivity index (χ0) is 20.1. The van der Waals surface area contributed by atoms with Crippen molar-refractivity contribution in [1.82, 2.24) is 4.90 Å². The van der Waals surface area contributed by atoms with E-state index in [1.54, 1.807) is 24.3 Å². The van der Waals surface area contributed by atoms with Crippen LogP contribution in [0.1, 0.15) is 22.3 Å². The predicted octanol–water partition coefficient (Wildman–Crippen LogP) is 4.58. The van der Waals surface area contributed by atoms with E-state index in [1.165, 1.54) is 5.56 Å². The summed E-state index contributed by atoms with van der Waals surface area (Å²) in [5, 5.41) is 13.2. The molecular weight excluding hydrogens is 360 g/mol. The lowest BCUT2D eigenvalue weighted by Crippen LogP contribution is -2.49. The van der Waals surface area contributed by atoms with Crippen LogP contribution in [0.2, 0.25) is 0 Å². The van der Waals surface area contributed by atoms with E-state index in [0.717, 1.165) is 25.1 Å². The highest BCUT2D eigenvalue weighted by atomic mass is 16.3. The number of nitrogens with zero attached hydrogens (tertiary/aromatic N) is 1. The summed E-state index contributed by atoms with van der Waals surface area (Å²) < 4.78 is 0. The number of amides is 1. The third-order valence-corrected chi connectivity index (χ3v) is 5.60. The van der Waals surface area contributed by atoms with Crippen LogP contribution in [0, 0.1) is 5.92 Å². The molecule has 2 N–H and O–H groups in total. The van der Waals surface area contributed by atoms with Gasteiger partial charge in [-0.15, -0.1) is 0 Å². The van der Waals surface area contributed by atoms with Crippen LogP contribution in [0.15, 0.2) is 84.9 Å². The fraction of sp³-hybridized carbons (Fsp3) is 0.240. The number of rotatable bonds is 5. The smallest absolute Gasteiger partial charge is 0.253 e. The van der Waals surface area contributed by atoms with Crippen molar-refractivity contribution in [2.75, 3.05) is 18.4 Å². The molecule has 0 aliphatic carbocycles. The van der Waals surface area contributed by atoms with Crippen molar-refractivity contribution in [1.29, 1.82) is 0 Å². The number of aromatic hydroxyl groups is 1. The lowest BCUT2D eigenvalue weighted by Gasteiger charge is -2.39. The Morgan fingerprint density at radius 1 is 0.931 bits per heavy atom. The van der Waals surface area contributed by atoms with Gasteiger partial charge < -0.3 is 15.3 Å². The molecule has 1 saturated heterocycles. The summed E-state index contributed by atoms with van der Waals surface area (Å²) in [5.41, 5.74) is 3.03. The number of hydrogen-bond acceptors (Lipinski definition) is 3. The largest absolute Gasteiger partial charge is 0.508 e. The molecule has 29 heavy (non-hydrogen) atoms. The van der Waals surface area contributed by atoms with Crippen LogP contribution in [0.3, 0.4) is 0 Å². The average molecular weight is 386 g/mol. The van der Waals surface area contributed by atoms with Gasteiger partial charge in [0.25, 0.3) is 5.91 Å². The number of nitrogens with one attached hydrogen (secondary N) is 1. The van der Waals surface area contributed by atoms with Crippen molar-refractivity contribution < 1.29 is 9.90 Å². The van der Waals surface area contributed by atoms with E-state index >= 15 is 0 Å². The number of likely N-dealkylation sites (tertiary alicyclic amines) is 1. The molecule has 0 spiro atoms. The van der Waals surface area contributed by atoms with Gasteiger partial charge in [0.15, 0.2) is 0 Å². The number of carbonyl (C=O) groups excluding carboxylic acids is 1. The number of hydrogen-bond donors (Lipinski definition) is 2. The number of phenols is 1. The molecule has 1 aliphatic heterocycles. The lowest BCUT2D eigenvalue weighted by molar-refractivity contribution is 0.0660. The van der Waals surface area contributed by atoms with Crippen LogP contribution in [0.5, 0.6) is 5.75 Å². The van der Waals surface area contributed by atoms with E-state index < -0.39 is 0 Å². The topological polar surface area (TPSA) is 52.6 Å². The van der Waals surface area contributed by atoms with Crippen molar-refractivity contribution in [3.8, 4) is 5.75 Å². The molecule has 148 valence electrons. The fourth-order valence-corrected chi connectivity index (χ4v) is 4.07. The first kappa shape index (κ1) is 19.1. The summed E-state index contributed by atoms with van der Waals surface area (Å²) in [6.45, 7) is 1.43.